The van der Waals surface area contributed by atoms with Crippen LogP contribution in [0.1, 0.15) is 0 Å². The van der Waals surface area contributed by atoms with Gasteiger partial charge in [0.15, 0.2) is 0 Å². The molecule has 0 saturated carbocycles. The Labute approximate surface area is 49.4 Å². The molecule has 0 atom stereocenters. The molecule has 0 spiro atoms. The van der Waals surface area contributed by atoms with Crippen LogP contribution in [0.3, 0.4) is 0 Å². The molecule has 0 amide bonds. The summed E-state index contributed by atoms with van der Waals surface area (Å²) in [7, 11) is 16.9. The van der Waals surface area contributed by atoms with Crippen LogP contribution in [0.25, 0.3) is 0 Å². The van der Waals surface area contributed by atoms with Crippen LogP contribution in [0.4, 0.5) is 0 Å². The summed E-state index contributed by atoms with van der Waals surface area (Å²) < 4.78 is 0. The van der Waals surface area contributed by atoms with Gasteiger partial charge in [-0.1, -0.05) is 0 Å². The molecule has 0 saturated heterocycles. The Hall–Kier alpha value is 1.70. The third-order valence-electron chi connectivity index (χ3n) is 0. The Balaban J connectivity index is 3.02. The van der Waals surface area contributed by atoms with E-state index in [-0.39, 0.29) is 0 Å². The van der Waals surface area contributed by atoms with E-state index in [1.54, 1.807) is 0 Å². The molecule has 0 aliphatic carbocycles. The van der Waals surface area contributed by atoms with Gasteiger partial charge in [-0.05, 0) is 0 Å². The predicted octanol–water partition coefficient (Wildman–Crippen LogP) is 2.38. The second-order valence-corrected chi connectivity index (χ2v) is 20.0. The Morgan fingerprint density at radius 1 is 0.800 bits per heavy atom. The standard InChI is InChI=1S/Cl4Ge/c1-5(2,3)4/i5-5. The van der Waals surface area contributed by atoms with Crippen molar-refractivity contribution < 1.29 is 0 Å². The van der Waals surface area contributed by atoms with E-state index in [2.05, 4.69) is 0 Å². The molecule has 0 aliphatic heterocycles. The average Bonchev–Trinajstić information content (AvgIpc) is 0.722. The Morgan fingerprint density at radius 3 is 0.800 bits per heavy atom. The molecule has 5 heteroatoms. The van der Waals surface area contributed by atoms with E-state index in [0.29, 0.717) is 0 Å². The van der Waals surface area contributed by atoms with Gasteiger partial charge in [-0.3, -0.25) is 0 Å². The van der Waals surface area contributed by atoms with Crippen molar-refractivity contribution in [3.05, 3.63) is 0 Å². The molecule has 5 heavy (non-hydrogen) atoms. The predicted molar refractivity (Wildman–Crippen MR) is 29.2 cm³/mol. The topological polar surface area (TPSA) is 0 Å². The van der Waals surface area contributed by atoms with Crippen molar-refractivity contribution in [1.82, 2.24) is 0 Å². The van der Waals surface area contributed by atoms with Gasteiger partial charge in [0.05, 0.1) is 0 Å². The molecule has 0 aromatic heterocycles. The van der Waals surface area contributed by atoms with Gasteiger partial charge in [0.2, 0.25) is 0 Å². The zero-order chi connectivity index (χ0) is 4.50. The summed E-state index contributed by atoms with van der Waals surface area (Å²) in [5.41, 5.74) is 0. The van der Waals surface area contributed by atoms with E-state index in [1.807, 2.05) is 0 Å². The minimum absolute atomic E-state index is 3.11. The molecule has 0 aliphatic rings. The van der Waals surface area contributed by atoms with Crippen LogP contribution >= 0.6 is 40.0 Å². The second-order valence-electron chi connectivity index (χ2n) is 0.429. The van der Waals surface area contributed by atoms with E-state index in [1.165, 1.54) is 0 Å². The zero-order valence-electron chi connectivity index (χ0n) is 2.01. The molecule has 0 rings (SSSR count). The first kappa shape index (κ1) is 6.70. The molecule has 0 aromatic rings. The second kappa shape index (κ2) is 2.13. The van der Waals surface area contributed by atoms with E-state index in [4.69, 9.17) is 40.0 Å². The molecule has 32 valence electrons. The molecular formula is Cl4Ge. The van der Waals surface area contributed by atoms with Crippen LogP contribution < -0.4 is 0 Å². The van der Waals surface area contributed by atoms with Gasteiger partial charge in [0.1, 0.15) is 0 Å². The fourth-order valence-corrected chi connectivity index (χ4v) is 0. The van der Waals surface area contributed by atoms with Crippen molar-refractivity contribution in [2.24, 2.45) is 0 Å². The van der Waals surface area contributed by atoms with Crippen molar-refractivity contribution in [2.45, 2.75) is 0 Å². The van der Waals surface area contributed by atoms with Gasteiger partial charge in [-0.2, -0.15) is 0 Å². The van der Waals surface area contributed by atoms with Crippen LogP contribution in [0.15, 0.2) is 0 Å². The first-order chi connectivity index (χ1) is 2.00. The molecule has 0 bridgehead atoms. The number of hydrogen-bond donors (Lipinski definition) is 0. The Kier molecular flexibility index (Phi) is 2.85. The normalized spacial score (nSPS) is 12.0. The monoisotopic (exact) mass is 208 g/mol. The van der Waals surface area contributed by atoms with Crippen molar-refractivity contribution in [3.8, 4) is 0 Å². The van der Waals surface area contributed by atoms with E-state index in [0.717, 1.165) is 0 Å². The number of hydrogen-bond acceptors (Lipinski definition) is 0. The Bertz CT molecular complexity index is 19.1. The third kappa shape index (κ3) is 27.0. The summed E-state index contributed by atoms with van der Waals surface area (Å²) in [5.74, 6) is 0. The summed E-state index contributed by atoms with van der Waals surface area (Å²) in [4.78, 5) is 0. The quantitative estimate of drug-likeness (QED) is 0.538. The molecule has 0 fully saturated rings. The molecule has 0 unspecified atom stereocenters. The van der Waals surface area contributed by atoms with E-state index < -0.39 is 9.55 Å². The van der Waals surface area contributed by atoms with Crippen LogP contribution in [0, 0.1) is 0 Å². The van der Waals surface area contributed by atoms with Crippen molar-refractivity contribution in [2.75, 3.05) is 0 Å². The summed E-state index contributed by atoms with van der Waals surface area (Å²) in [6.07, 6.45) is 0. The fourth-order valence-electron chi connectivity index (χ4n) is 0. The first-order valence-electron chi connectivity index (χ1n) is 0.756. The van der Waals surface area contributed by atoms with Gasteiger partial charge >= 0.3 is 49.6 Å². The van der Waals surface area contributed by atoms with Crippen LogP contribution in [0.2, 0.25) is 0 Å². The summed E-state index contributed by atoms with van der Waals surface area (Å²) in [6.45, 7) is 0. The van der Waals surface area contributed by atoms with Gasteiger partial charge in [0.25, 0.3) is 0 Å². The number of halogens is 4. The molecule has 0 nitrogen and oxygen atoms in total. The van der Waals surface area contributed by atoms with Gasteiger partial charge < -0.3 is 0 Å². The fraction of sp³-hybridized carbons (Fsp3) is 0. The van der Waals surface area contributed by atoms with Crippen LogP contribution in [0.5, 0.6) is 0 Å². The molecular weight excluding hydrogens is 210 g/mol. The molecule has 0 aromatic carbocycles. The Morgan fingerprint density at radius 2 is 0.800 bits per heavy atom. The summed E-state index contributed by atoms with van der Waals surface area (Å²) in [6, 6.07) is 0. The zero-order valence-corrected chi connectivity index (χ0v) is 7.13. The molecule has 0 radical (unpaired) electrons. The van der Waals surface area contributed by atoms with Crippen molar-refractivity contribution in [1.29, 1.82) is 0 Å². The van der Waals surface area contributed by atoms with Crippen LogP contribution in [-0.2, 0) is 0 Å². The summed E-state index contributed by atoms with van der Waals surface area (Å²) in [5, 5.41) is 0. The van der Waals surface area contributed by atoms with E-state index in [9.17, 15) is 0 Å². The van der Waals surface area contributed by atoms with Gasteiger partial charge in [-0.15, -0.1) is 0 Å². The minimum atomic E-state index is -3.11. The van der Waals surface area contributed by atoms with Crippen LogP contribution in [-0.4, -0.2) is 9.55 Å². The van der Waals surface area contributed by atoms with Gasteiger partial charge in [0, 0.05) is 0 Å². The maximum absolute atomic E-state index is 5.01. The summed E-state index contributed by atoms with van der Waals surface area (Å²) >= 11 is 0. The molecule has 0 N–H and O–H groups in total. The SMILES string of the molecule is [Cl][68Ge]([Cl])([Cl])[Cl]. The van der Waals surface area contributed by atoms with Crippen molar-refractivity contribution >= 4 is 49.6 Å². The third-order valence-corrected chi connectivity index (χ3v) is 0. The maximum atomic E-state index is 5.01. The van der Waals surface area contributed by atoms with E-state index >= 15 is 0 Å². The van der Waals surface area contributed by atoms with Gasteiger partial charge in [-0.25, -0.2) is 0 Å². The first-order valence-corrected chi connectivity index (χ1v) is 11.8. The average molecular weight is 210 g/mol. The molecule has 0 heterocycles. The number of rotatable bonds is 0. The van der Waals surface area contributed by atoms with Crippen molar-refractivity contribution in [3.63, 3.8) is 0 Å².